The molecule has 0 spiro atoms. The minimum atomic E-state index is -0.500. The van der Waals surface area contributed by atoms with E-state index in [2.05, 4.69) is 32.0 Å². The monoisotopic (exact) mass is 641 g/mol. The summed E-state index contributed by atoms with van der Waals surface area (Å²) in [6.45, 7) is 4.50. The molecule has 0 radical (unpaired) electrons. The van der Waals surface area contributed by atoms with Crippen LogP contribution in [-0.2, 0) is 33.8 Å². The van der Waals surface area contributed by atoms with Crippen molar-refractivity contribution >= 4 is 17.6 Å². The molecule has 0 heterocycles. The topological polar surface area (TPSA) is 55.8 Å². The fraction of sp³-hybridized carbons (Fsp3) is 0.524. The zero-order valence-corrected chi connectivity index (χ0v) is 29.2. The summed E-state index contributed by atoms with van der Waals surface area (Å²) in [5.74, 6) is -0.952. The highest BCUT2D eigenvalue weighted by molar-refractivity contribution is 5.90. The molecular formula is C42H59NO4. The number of carbonyl (C=O) groups excluding carboxylic acids is 2. The van der Waals surface area contributed by atoms with Crippen LogP contribution >= 0.6 is 0 Å². The molecule has 5 heteroatoms. The predicted octanol–water partition coefficient (Wildman–Crippen LogP) is 11.4. The van der Waals surface area contributed by atoms with Gasteiger partial charge in [-0.25, -0.2) is 9.59 Å². The summed E-state index contributed by atoms with van der Waals surface area (Å²) < 4.78 is 5.61. The van der Waals surface area contributed by atoms with E-state index < -0.39 is 11.9 Å². The van der Waals surface area contributed by atoms with Crippen molar-refractivity contribution in [1.29, 1.82) is 0 Å². The number of hydrogen-bond donors (Lipinski definition) is 0. The Labute approximate surface area is 285 Å². The molecule has 0 aliphatic heterocycles. The van der Waals surface area contributed by atoms with Crippen molar-refractivity contribution in [3.63, 3.8) is 0 Å². The van der Waals surface area contributed by atoms with Crippen molar-refractivity contribution in [3.8, 4) is 0 Å². The number of nitrogens with zero attached hydrogens (tertiary/aromatic N) is 1. The molecule has 0 N–H and O–H groups in total. The van der Waals surface area contributed by atoms with Crippen LogP contribution in [0.15, 0.2) is 78.9 Å². The molecule has 0 saturated carbocycles. The Morgan fingerprint density at radius 1 is 0.553 bits per heavy atom. The van der Waals surface area contributed by atoms with Crippen molar-refractivity contribution in [2.75, 3.05) is 11.6 Å². The summed E-state index contributed by atoms with van der Waals surface area (Å²) in [7, 11) is 0. The Balaban J connectivity index is 1.72. The number of ether oxygens (including phenoxy) is 1. The first kappa shape index (κ1) is 37.9. The minimum absolute atomic E-state index is 0.169. The van der Waals surface area contributed by atoms with Crippen LogP contribution in [0.2, 0.25) is 0 Å². The van der Waals surface area contributed by atoms with Gasteiger partial charge in [-0.1, -0.05) is 158 Å². The molecule has 0 aromatic heterocycles. The molecule has 0 unspecified atom stereocenters. The van der Waals surface area contributed by atoms with Gasteiger partial charge in [-0.15, -0.1) is 0 Å². The van der Waals surface area contributed by atoms with E-state index in [0.29, 0.717) is 5.56 Å². The highest BCUT2D eigenvalue weighted by atomic mass is 16.7. The number of esters is 1. The van der Waals surface area contributed by atoms with Gasteiger partial charge in [0.05, 0.1) is 11.3 Å². The zero-order valence-electron chi connectivity index (χ0n) is 29.2. The third-order valence-electron chi connectivity index (χ3n) is 8.68. The van der Waals surface area contributed by atoms with E-state index in [1.54, 1.807) is 24.3 Å². The maximum atomic E-state index is 13.2. The molecule has 0 fully saturated rings. The maximum Gasteiger partial charge on any atom is 0.363 e. The Morgan fingerprint density at radius 2 is 1.02 bits per heavy atom. The van der Waals surface area contributed by atoms with E-state index in [0.717, 1.165) is 36.9 Å². The van der Waals surface area contributed by atoms with Gasteiger partial charge >= 0.3 is 11.9 Å². The van der Waals surface area contributed by atoms with Gasteiger partial charge in [0.15, 0.2) is 6.54 Å². The number of aryl methyl sites for hydroxylation is 2. The van der Waals surface area contributed by atoms with Crippen LogP contribution in [0.4, 0.5) is 5.69 Å². The normalized spacial score (nSPS) is 10.9. The molecule has 3 aromatic carbocycles. The summed E-state index contributed by atoms with van der Waals surface area (Å²) in [5.41, 5.74) is 4.51. The van der Waals surface area contributed by atoms with Gasteiger partial charge in [-0.05, 0) is 66.6 Å². The van der Waals surface area contributed by atoms with Crippen molar-refractivity contribution in [2.45, 2.75) is 136 Å². The smallest absolute Gasteiger partial charge is 0.363 e. The lowest BCUT2D eigenvalue weighted by molar-refractivity contribution is -0.144. The molecule has 0 aliphatic rings. The van der Waals surface area contributed by atoms with Crippen LogP contribution in [0.25, 0.3) is 0 Å². The van der Waals surface area contributed by atoms with Crippen molar-refractivity contribution in [3.05, 3.63) is 101 Å². The summed E-state index contributed by atoms with van der Waals surface area (Å²) in [4.78, 5) is 32.3. The summed E-state index contributed by atoms with van der Waals surface area (Å²) in [5, 5.41) is 1.43. The Hall–Kier alpha value is -3.60. The van der Waals surface area contributed by atoms with Crippen LogP contribution in [0.1, 0.15) is 144 Å². The maximum absolute atomic E-state index is 13.2. The lowest BCUT2D eigenvalue weighted by Gasteiger charge is -2.24. The second-order valence-corrected chi connectivity index (χ2v) is 12.9. The third-order valence-corrected chi connectivity index (χ3v) is 8.68. The van der Waals surface area contributed by atoms with Crippen molar-refractivity contribution in [1.82, 2.24) is 0 Å². The summed E-state index contributed by atoms with van der Waals surface area (Å²) in [6, 6.07) is 25.0. The van der Waals surface area contributed by atoms with E-state index in [4.69, 9.17) is 9.57 Å². The Morgan fingerprint density at radius 3 is 1.53 bits per heavy atom. The average molecular weight is 642 g/mol. The SMILES string of the molecule is CCCCCCCCCCc1cc(CCCCCCCCCC)cc(N(CC(=O)OCc2ccccc2)OC(=O)c2ccccc2)c1. The van der Waals surface area contributed by atoms with Crippen LogP contribution in [0.5, 0.6) is 0 Å². The van der Waals surface area contributed by atoms with Gasteiger partial charge in [-0.3, -0.25) is 0 Å². The highest BCUT2D eigenvalue weighted by Crippen LogP contribution is 2.25. The molecule has 0 aliphatic carbocycles. The number of rotatable bonds is 25. The van der Waals surface area contributed by atoms with Gasteiger partial charge in [0.2, 0.25) is 0 Å². The predicted molar refractivity (Wildman–Crippen MR) is 195 cm³/mol. The minimum Gasteiger partial charge on any atom is -0.459 e. The van der Waals surface area contributed by atoms with Gasteiger partial charge in [0.25, 0.3) is 0 Å². The second-order valence-electron chi connectivity index (χ2n) is 12.9. The standard InChI is InChI=1S/C42H59NO4/c1-3-5-7-9-11-13-15-19-27-37-31-38(28-20-16-14-12-10-8-6-4-2)33-40(32-37)43(47-42(45)39-29-23-18-24-30-39)34-41(44)46-35-36-25-21-17-22-26-36/h17-18,21-26,29-33H,3-16,19-20,27-28,34-35H2,1-2H3. The summed E-state index contributed by atoms with van der Waals surface area (Å²) >= 11 is 0. The lowest BCUT2D eigenvalue weighted by Crippen LogP contribution is -2.33. The first-order valence-corrected chi connectivity index (χ1v) is 18.5. The van der Waals surface area contributed by atoms with Crippen LogP contribution < -0.4 is 5.06 Å². The van der Waals surface area contributed by atoms with Crippen LogP contribution in [0.3, 0.4) is 0 Å². The van der Waals surface area contributed by atoms with E-state index in [1.165, 1.54) is 106 Å². The number of anilines is 1. The van der Waals surface area contributed by atoms with Crippen molar-refractivity contribution in [2.24, 2.45) is 0 Å². The largest absolute Gasteiger partial charge is 0.459 e. The third kappa shape index (κ3) is 16.2. The Bertz CT molecular complexity index is 1220. The van der Waals surface area contributed by atoms with Gasteiger partial charge in [-0.2, -0.15) is 5.06 Å². The highest BCUT2D eigenvalue weighted by Gasteiger charge is 2.20. The van der Waals surface area contributed by atoms with E-state index >= 15 is 0 Å². The second kappa shape index (κ2) is 23.7. The molecule has 3 rings (SSSR count). The fourth-order valence-electron chi connectivity index (χ4n) is 5.91. The molecule has 256 valence electrons. The van der Waals surface area contributed by atoms with Gasteiger partial charge < -0.3 is 9.57 Å². The molecule has 0 atom stereocenters. The molecule has 3 aromatic rings. The van der Waals surface area contributed by atoms with E-state index in [1.807, 2.05) is 36.4 Å². The first-order chi connectivity index (χ1) is 23.1. The number of unbranched alkanes of at least 4 members (excludes halogenated alkanes) is 14. The molecule has 0 saturated heterocycles. The fourth-order valence-corrected chi connectivity index (χ4v) is 5.91. The molecular weight excluding hydrogens is 582 g/mol. The number of hydrogen-bond acceptors (Lipinski definition) is 5. The van der Waals surface area contributed by atoms with E-state index in [-0.39, 0.29) is 13.2 Å². The van der Waals surface area contributed by atoms with Crippen molar-refractivity contribution < 1.29 is 19.2 Å². The molecule has 47 heavy (non-hydrogen) atoms. The van der Waals surface area contributed by atoms with Gasteiger partial charge in [0, 0.05) is 0 Å². The average Bonchev–Trinajstić information content (AvgIpc) is 3.10. The first-order valence-electron chi connectivity index (χ1n) is 18.5. The molecule has 5 nitrogen and oxygen atoms in total. The Kier molecular flexibility index (Phi) is 19.1. The lowest BCUT2D eigenvalue weighted by atomic mass is 9.98. The zero-order chi connectivity index (χ0) is 33.4. The quantitative estimate of drug-likeness (QED) is 0.0523. The summed E-state index contributed by atoms with van der Waals surface area (Å²) in [6.07, 6.45) is 22.3. The van der Waals surface area contributed by atoms with Gasteiger partial charge in [0.1, 0.15) is 6.61 Å². The van der Waals surface area contributed by atoms with E-state index in [9.17, 15) is 9.59 Å². The van der Waals surface area contributed by atoms with Crippen LogP contribution in [0, 0.1) is 0 Å². The molecule has 0 bridgehead atoms. The number of hydroxylamine groups is 1. The van der Waals surface area contributed by atoms with Crippen LogP contribution in [-0.4, -0.2) is 18.5 Å². The molecule has 0 amide bonds. The number of carbonyl (C=O) groups is 2. The number of benzene rings is 3.